The molecular weight excluding hydrogens is 260 g/mol. The number of aliphatic imine (C=N–C) groups is 1. The van der Waals surface area contributed by atoms with Gasteiger partial charge in [0.25, 0.3) is 0 Å². The van der Waals surface area contributed by atoms with Crippen molar-refractivity contribution in [2.45, 2.75) is 6.92 Å². The molecule has 1 aromatic carbocycles. The zero-order valence-electron chi connectivity index (χ0n) is 11.9. The number of amidine groups is 1. The molecule has 0 saturated heterocycles. The lowest BCUT2D eigenvalue weighted by Crippen LogP contribution is -2.19. The van der Waals surface area contributed by atoms with Crippen LogP contribution in [0.1, 0.15) is 22.3 Å². The summed E-state index contributed by atoms with van der Waals surface area (Å²) in [5.74, 6) is 7.67. The summed E-state index contributed by atoms with van der Waals surface area (Å²) in [7, 11) is 0. The summed E-state index contributed by atoms with van der Waals surface area (Å²) in [6, 6.07) is 9.95. The average Bonchev–Trinajstić information content (AvgIpc) is 3.02. The summed E-state index contributed by atoms with van der Waals surface area (Å²) in [5, 5.41) is 3.25. The SMILES string of the molecule is Cc1ccnc(N)c1C#Cc1ccc(C2=NCCN2)cc1. The van der Waals surface area contributed by atoms with E-state index in [1.165, 1.54) is 0 Å². The maximum absolute atomic E-state index is 5.85. The minimum absolute atomic E-state index is 0.476. The van der Waals surface area contributed by atoms with Crippen molar-refractivity contribution in [3.63, 3.8) is 0 Å². The Morgan fingerprint density at radius 2 is 1.95 bits per heavy atom. The number of aromatic nitrogens is 1. The molecule has 104 valence electrons. The number of hydrogen-bond acceptors (Lipinski definition) is 4. The quantitative estimate of drug-likeness (QED) is 0.780. The predicted octanol–water partition coefficient (Wildman–Crippen LogP) is 1.72. The van der Waals surface area contributed by atoms with Crippen LogP contribution in [0.3, 0.4) is 0 Å². The van der Waals surface area contributed by atoms with Crippen LogP contribution < -0.4 is 11.1 Å². The fourth-order valence-corrected chi connectivity index (χ4v) is 2.18. The Bertz CT molecular complexity index is 728. The molecule has 0 amide bonds. The highest BCUT2D eigenvalue weighted by atomic mass is 15.1. The van der Waals surface area contributed by atoms with Gasteiger partial charge in [-0.05, 0) is 30.7 Å². The standard InChI is InChI=1S/C17H16N4/c1-12-8-9-19-16(18)15(12)7-4-13-2-5-14(6-3-13)17-20-10-11-21-17/h2-3,5-6,8-9H,10-11H2,1H3,(H2,18,19)(H,20,21). The Labute approximate surface area is 124 Å². The Balaban J connectivity index is 1.85. The van der Waals surface area contributed by atoms with E-state index < -0.39 is 0 Å². The minimum Gasteiger partial charge on any atom is -0.383 e. The fraction of sp³-hybridized carbons (Fsp3) is 0.176. The molecule has 0 spiro atoms. The minimum atomic E-state index is 0.476. The van der Waals surface area contributed by atoms with E-state index in [-0.39, 0.29) is 0 Å². The maximum atomic E-state index is 5.85. The molecule has 0 bridgehead atoms. The van der Waals surface area contributed by atoms with Gasteiger partial charge in [0.05, 0.1) is 12.1 Å². The number of nitrogens with one attached hydrogen (secondary N) is 1. The normalized spacial score (nSPS) is 13.1. The van der Waals surface area contributed by atoms with E-state index >= 15 is 0 Å². The lowest BCUT2D eigenvalue weighted by Gasteiger charge is -2.02. The van der Waals surface area contributed by atoms with Crippen molar-refractivity contribution >= 4 is 11.7 Å². The second-order valence-electron chi connectivity index (χ2n) is 4.87. The Morgan fingerprint density at radius 1 is 1.14 bits per heavy atom. The van der Waals surface area contributed by atoms with Crippen LogP contribution in [-0.4, -0.2) is 23.9 Å². The molecule has 0 fully saturated rings. The molecule has 21 heavy (non-hydrogen) atoms. The van der Waals surface area contributed by atoms with Gasteiger partial charge in [0.1, 0.15) is 11.7 Å². The van der Waals surface area contributed by atoms with Crippen molar-refractivity contribution in [1.82, 2.24) is 10.3 Å². The van der Waals surface area contributed by atoms with Crippen molar-refractivity contribution < 1.29 is 0 Å². The monoisotopic (exact) mass is 276 g/mol. The van der Waals surface area contributed by atoms with E-state index in [9.17, 15) is 0 Å². The Kier molecular flexibility index (Phi) is 3.57. The van der Waals surface area contributed by atoms with Gasteiger partial charge < -0.3 is 11.1 Å². The van der Waals surface area contributed by atoms with E-state index in [0.29, 0.717) is 5.82 Å². The molecule has 3 rings (SSSR count). The molecule has 1 aliphatic rings. The lowest BCUT2D eigenvalue weighted by molar-refractivity contribution is 0.960. The zero-order chi connectivity index (χ0) is 14.7. The summed E-state index contributed by atoms with van der Waals surface area (Å²) in [5.41, 5.74) is 9.72. The molecule has 4 heteroatoms. The summed E-state index contributed by atoms with van der Waals surface area (Å²) >= 11 is 0. The third-order valence-electron chi connectivity index (χ3n) is 3.35. The number of nitrogen functional groups attached to an aromatic ring is 1. The van der Waals surface area contributed by atoms with Crippen LogP contribution in [0, 0.1) is 18.8 Å². The van der Waals surface area contributed by atoms with Gasteiger partial charge >= 0.3 is 0 Å². The second-order valence-corrected chi connectivity index (χ2v) is 4.87. The molecule has 0 radical (unpaired) electrons. The van der Waals surface area contributed by atoms with Crippen molar-refractivity contribution in [2.75, 3.05) is 18.8 Å². The third kappa shape index (κ3) is 2.87. The predicted molar refractivity (Wildman–Crippen MR) is 85.2 cm³/mol. The molecular formula is C17H16N4. The molecule has 2 aromatic rings. The molecule has 0 saturated carbocycles. The molecule has 0 unspecified atom stereocenters. The van der Waals surface area contributed by atoms with Gasteiger partial charge in [0.15, 0.2) is 0 Å². The molecule has 1 aliphatic heterocycles. The first-order chi connectivity index (χ1) is 10.2. The van der Waals surface area contributed by atoms with Crippen molar-refractivity contribution in [3.8, 4) is 11.8 Å². The van der Waals surface area contributed by atoms with E-state index in [4.69, 9.17) is 5.73 Å². The Morgan fingerprint density at radius 3 is 2.62 bits per heavy atom. The van der Waals surface area contributed by atoms with E-state index in [2.05, 4.69) is 27.1 Å². The van der Waals surface area contributed by atoms with Gasteiger partial charge in [-0.1, -0.05) is 24.0 Å². The van der Waals surface area contributed by atoms with Crippen molar-refractivity contribution in [3.05, 3.63) is 58.8 Å². The van der Waals surface area contributed by atoms with Crippen LogP contribution in [0.2, 0.25) is 0 Å². The van der Waals surface area contributed by atoms with Gasteiger partial charge in [-0.3, -0.25) is 4.99 Å². The van der Waals surface area contributed by atoms with Gasteiger partial charge in [-0.15, -0.1) is 0 Å². The van der Waals surface area contributed by atoms with Gasteiger partial charge in [0, 0.05) is 23.9 Å². The smallest absolute Gasteiger partial charge is 0.139 e. The van der Waals surface area contributed by atoms with E-state index in [1.807, 2.05) is 37.3 Å². The van der Waals surface area contributed by atoms with Crippen LogP contribution >= 0.6 is 0 Å². The van der Waals surface area contributed by atoms with Crippen LogP contribution in [0.25, 0.3) is 0 Å². The Hall–Kier alpha value is -2.80. The highest BCUT2D eigenvalue weighted by Gasteiger charge is 2.06. The van der Waals surface area contributed by atoms with Crippen LogP contribution in [-0.2, 0) is 0 Å². The highest BCUT2D eigenvalue weighted by molar-refractivity contribution is 5.99. The first kappa shape index (κ1) is 13.2. The number of pyridine rings is 1. The molecule has 0 aliphatic carbocycles. The lowest BCUT2D eigenvalue weighted by atomic mass is 10.1. The number of nitrogens with two attached hydrogens (primary N) is 1. The van der Waals surface area contributed by atoms with E-state index in [0.717, 1.165) is 41.2 Å². The molecule has 0 atom stereocenters. The van der Waals surface area contributed by atoms with Gasteiger partial charge in [0.2, 0.25) is 0 Å². The maximum Gasteiger partial charge on any atom is 0.139 e. The number of hydrogen-bond donors (Lipinski definition) is 2. The highest BCUT2D eigenvalue weighted by Crippen LogP contribution is 2.12. The average molecular weight is 276 g/mol. The summed E-state index contributed by atoms with van der Waals surface area (Å²) in [4.78, 5) is 8.47. The number of anilines is 1. The van der Waals surface area contributed by atoms with Crippen molar-refractivity contribution in [1.29, 1.82) is 0 Å². The third-order valence-corrected chi connectivity index (χ3v) is 3.35. The van der Waals surface area contributed by atoms with Crippen LogP contribution in [0.4, 0.5) is 5.82 Å². The van der Waals surface area contributed by atoms with Gasteiger partial charge in [-0.25, -0.2) is 4.98 Å². The molecule has 4 nitrogen and oxygen atoms in total. The summed E-state index contributed by atoms with van der Waals surface area (Å²) in [6.07, 6.45) is 1.69. The van der Waals surface area contributed by atoms with Gasteiger partial charge in [-0.2, -0.15) is 0 Å². The number of nitrogens with zero attached hydrogens (tertiary/aromatic N) is 2. The molecule has 2 heterocycles. The summed E-state index contributed by atoms with van der Waals surface area (Å²) < 4.78 is 0. The first-order valence-electron chi connectivity index (χ1n) is 6.86. The first-order valence-corrected chi connectivity index (χ1v) is 6.86. The fourth-order valence-electron chi connectivity index (χ4n) is 2.18. The largest absolute Gasteiger partial charge is 0.383 e. The van der Waals surface area contributed by atoms with Crippen LogP contribution in [0.15, 0.2) is 41.5 Å². The van der Waals surface area contributed by atoms with E-state index in [1.54, 1.807) is 6.20 Å². The summed E-state index contributed by atoms with van der Waals surface area (Å²) in [6.45, 7) is 3.74. The molecule has 1 aromatic heterocycles. The number of rotatable bonds is 1. The topological polar surface area (TPSA) is 63.3 Å². The second kappa shape index (κ2) is 5.68. The van der Waals surface area contributed by atoms with Crippen LogP contribution in [0.5, 0.6) is 0 Å². The number of aryl methyl sites for hydroxylation is 1. The van der Waals surface area contributed by atoms with Crippen molar-refractivity contribution in [2.24, 2.45) is 4.99 Å². The molecule has 3 N–H and O–H groups in total. The number of benzene rings is 1. The zero-order valence-corrected chi connectivity index (χ0v) is 11.9.